The highest BCUT2D eigenvalue weighted by Crippen LogP contribution is 2.27. The molecule has 0 aliphatic rings. The van der Waals surface area contributed by atoms with E-state index in [-0.39, 0.29) is 16.3 Å². The second-order valence-electron chi connectivity index (χ2n) is 4.71. The van der Waals surface area contributed by atoms with E-state index in [1.165, 1.54) is 17.4 Å². The zero-order chi connectivity index (χ0) is 16.2. The molecule has 1 aromatic rings. The number of hydrogen-bond donors (Lipinski definition) is 2. The van der Waals surface area contributed by atoms with Gasteiger partial charge in [-0.25, -0.2) is 8.42 Å². The zero-order valence-corrected chi connectivity index (χ0v) is 12.9. The van der Waals surface area contributed by atoms with Gasteiger partial charge in [0.25, 0.3) is 5.69 Å². The average molecular weight is 317 g/mol. The number of nitrogens with zero attached hydrogens (tertiary/aromatic N) is 3. The van der Waals surface area contributed by atoms with Gasteiger partial charge in [-0.1, -0.05) is 0 Å². The number of anilines is 1. The van der Waals surface area contributed by atoms with E-state index in [4.69, 9.17) is 5.84 Å². The fourth-order valence-corrected chi connectivity index (χ4v) is 2.78. The summed E-state index contributed by atoms with van der Waals surface area (Å²) in [6.07, 6.45) is 0. The standard InChI is InChI=1S/C11H19N5O4S/c1-14(2)6-7-15(3)21(19,20)9-4-5-11(16(17)18)10(8-9)13-12/h4-5,8,13H,6-7,12H2,1-3H3. The lowest BCUT2D eigenvalue weighted by molar-refractivity contribution is -0.384. The van der Waals surface area contributed by atoms with Crippen molar-refractivity contribution in [3.63, 3.8) is 0 Å². The molecule has 0 aliphatic heterocycles. The number of hydrogen-bond acceptors (Lipinski definition) is 7. The Morgan fingerprint density at radius 2 is 1.90 bits per heavy atom. The van der Waals surface area contributed by atoms with Crippen LogP contribution in [-0.4, -0.2) is 56.8 Å². The van der Waals surface area contributed by atoms with Gasteiger partial charge in [0.1, 0.15) is 5.69 Å². The van der Waals surface area contributed by atoms with Gasteiger partial charge < -0.3 is 10.3 Å². The Bertz CT molecular complexity index is 617. The summed E-state index contributed by atoms with van der Waals surface area (Å²) in [5, 5.41) is 10.8. The maximum absolute atomic E-state index is 12.4. The molecule has 0 radical (unpaired) electrons. The van der Waals surface area contributed by atoms with Gasteiger partial charge in [0.2, 0.25) is 10.0 Å². The third-order valence-electron chi connectivity index (χ3n) is 2.89. The molecule has 0 saturated carbocycles. The van der Waals surface area contributed by atoms with Gasteiger partial charge in [-0.05, 0) is 26.2 Å². The number of nitrogens with one attached hydrogen (secondary N) is 1. The molecule has 0 aliphatic carbocycles. The van der Waals surface area contributed by atoms with Gasteiger partial charge in [0.05, 0.1) is 9.82 Å². The predicted octanol–water partition coefficient (Wildman–Crippen LogP) is 0.0625. The molecule has 0 heterocycles. The quantitative estimate of drug-likeness (QED) is 0.414. The van der Waals surface area contributed by atoms with Crippen molar-refractivity contribution in [2.24, 2.45) is 5.84 Å². The third-order valence-corrected chi connectivity index (χ3v) is 4.74. The van der Waals surface area contributed by atoms with Crippen molar-refractivity contribution < 1.29 is 13.3 Å². The molecule has 118 valence electrons. The Balaban J connectivity index is 3.11. The Labute approximate surface area is 123 Å². The average Bonchev–Trinajstić information content (AvgIpc) is 2.43. The first-order chi connectivity index (χ1) is 9.70. The minimum atomic E-state index is -3.72. The van der Waals surface area contributed by atoms with E-state index < -0.39 is 14.9 Å². The van der Waals surface area contributed by atoms with Crippen LogP contribution in [-0.2, 0) is 10.0 Å². The number of nitro benzene ring substituents is 1. The number of rotatable bonds is 7. The lowest BCUT2D eigenvalue weighted by atomic mass is 10.3. The van der Waals surface area contributed by atoms with Crippen molar-refractivity contribution >= 4 is 21.4 Å². The second-order valence-corrected chi connectivity index (χ2v) is 6.76. The predicted molar refractivity (Wildman–Crippen MR) is 79.3 cm³/mol. The second kappa shape index (κ2) is 6.80. The molecule has 0 fully saturated rings. The van der Waals surface area contributed by atoms with E-state index in [0.717, 1.165) is 12.1 Å². The third kappa shape index (κ3) is 4.11. The summed E-state index contributed by atoms with van der Waals surface area (Å²) in [7, 11) is 1.41. The van der Waals surface area contributed by atoms with E-state index in [9.17, 15) is 18.5 Å². The molecule has 0 saturated heterocycles. The van der Waals surface area contributed by atoms with Crippen LogP contribution in [0.2, 0.25) is 0 Å². The molecule has 0 atom stereocenters. The summed E-state index contributed by atoms with van der Waals surface area (Å²) in [4.78, 5) is 12.0. The summed E-state index contributed by atoms with van der Waals surface area (Å²) < 4.78 is 25.9. The van der Waals surface area contributed by atoms with Crippen LogP contribution in [0.4, 0.5) is 11.4 Å². The van der Waals surface area contributed by atoms with Crippen LogP contribution in [0.1, 0.15) is 0 Å². The number of nitro groups is 1. The highest BCUT2D eigenvalue weighted by Gasteiger charge is 2.24. The molecule has 0 bridgehead atoms. The highest BCUT2D eigenvalue weighted by atomic mass is 32.2. The lowest BCUT2D eigenvalue weighted by Crippen LogP contribution is -2.33. The molecule has 0 unspecified atom stereocenters. The lowest BCUT2D eigenvalue weighted by Gasteiger charge is -2.19. The van der Waals surface area contributed by atoms with Gasteiger partial charge in [-0.3, -0.25) is 16.0 Å². The summed E-state index contributed by atoms with van der Waals surface area (Å²) in [5.41, 5.74) is 1.81. The fraction of sp³-hybridized carbons (Fsp3) is 0.455. The molecule has 21 heavy (non-hydrogen) atoms. The molecule has 0 amide bonds. The van der Waals surface area contributed by atoms with E-state index >= 15 is 0 Å². The first-order valence-electron chi connectivity index (χ1n) is 6.06. The zero-order valence-electron chi connectivity index (χ0n) is 12.1. The molecule has 9 nitrogen and oxygen atoms in total. The van der Waals surface area contributed by atoms with Crippen molar-refractivity contribution in [3.8, 4) is 0 Å². The number of sulfonamides is 1. The van der Waals surface area contributed by atoms with Crippen LogP contribution in [0.3, 0.4) is 0 Å². The normalized spacial score (nSPS) is 11.9. The number of likely N-dealkylation sites (N-methyl/N-ethyl adjacent to an activating group) is 2. The van der Waals surface area contributed by atoms with E-state index in [1.807, 2.05) is 19.0 Å². The monoisotopic (exact) mass is 317 g/mol. The van der Waals surface area contributed by atoms with Gasteiger partial charge in [-0.15, -0.1) is 0 Å². The van der Waals surface area contributed by atoms with Crippen LogP contribution < -0.4 is 11.3 Å². The van der Waals surface area contributed by atoms with Crippen LogP contribution in [0.25, 0.3) is 0 Å². The van der Waals surface area contributed by atoms with E-state index in [2.05, 4.69) is 5.43 Å². The molecule has 0 aromatic heterocycles. The summed E-state index contributed by atoms with van der Waals surface area (Å²) in [6.45, 7) is 0.864. The Morgan fingerprint density at radius 1 is 1.29 bits per heavy atom. The van der Waals surface area contributed by atoms with Gasteiger partial charge >= 0.3 is 0 Å². The van der Waals surface area contributed by atoms with Crippen molar-refractivity contribution in [1.29, 1.82) is 0 Å². The molecule has 3 N–H and O–H groups in total. The molecular weight excluding hydrogens is 298 g/mol. The van der Waals surface area contributed by atoms with Crippen molar-refractivity contribution in [2.75, 3.05) is 39.7 Å². The molecule has 1 rings (SSSR count). The fourth-order valence-electron chi connectivity index (χ4n) is 1.59. The van der Waals surface area contributed by atoms with Crippen molar-refractivity contribution in [3.05, 3.63) is 28.3 Å². The van der Waals surface area contributed by atoms with Crippen molar-refractivity contribution in [1.82, 2.24) is 9.21 Å². The van der Waals surface area contributed by atoms with Gasteiger partial charge in [0.15, 0.2) is 0 Å². The Morgan fingerprint density at radius 3 is 2.38 bits per heavy atom. The van der Waals surface area contributed by atoms with Crippen LogP contribution in [0, 0.1) is 10.1 Å². The van der Waals surface area contributed by atoms with Crippen molar-refractivity contribution in [2.45, 2.75) is 4.90 Å². The first kappa shape index (κ1) is 17.3. The van der Waals surface area contributed by atoms with E-state index in [1.54, 1.807) is 0 Å². The minimum Gasteiger partial charge on any atom is -0.318 e. The topological polar surface area (TPSA) is 122 Å². The maximum atomic E-state index is 12.4. The maximum Gasteiger partial charge on any atom is 0.293 e. The summed E-state index contributed by atoms with van der Waals surface area (Å²) in [6, 6.07) is 3.46. The van der Waals surface area contributed by atoms with Crippen LogP contribution in [0.5, 0.6) is 0 Å². The molecule has 10 heteroatoms. The minimum absolute atomic E-state index is 0.0534. The first-order valence-corrected chi connectivity index (χ1v) is 7.50. The van der Waals surface area contributed by atoms with Gasteiger partial charge in [-0.2, -0.15) is 4.31 Å². The molecule has 0 spiro atoms. The highest BCUT2D eigenvalue weighted by molar-refractivity contribution is 7.89. The Hall–Kier alpha value is -1.75. The largest absolute Gasteiger partial charge is 0.318 e. The van der Waals surface area contributed by atoms with Crippen LogP contribution in [0.15, 0.2) is 23.1 Å². The SMILES string of the molecule is CN(C)CCN(C)S(=O)(=O)c1ccc([N+](=O)[O-])c(NN)c1. The van der Waals surface area contributed by atoms with E-state index in [0.29, 0.717) is 13.1 Å². The van der Waals surface area contributed by atoms with Crippen LogP contribution >= 0.6 is 0 Å². The summed E-state index contributed by atoms with van der Waals surface area (Å²) in [5.74, 6) is 5.21. The smallest absolute Gasteiger partial charge is 0.293 e. The number of hydrazine groups is 1. The number of nitrogen functional groups attached to an aromatic ring is 1. The number of nitrogens with two attached hydrogens (primary N) is 1. The molecular formula is C11H19N5O4S. The van der Waals surface area contributed by atoms with Gasteiger partial charge in [0, 0.05) is 26.2 Å². The number of benzene rings is 1. The molecule has 1 aromatic carbocycles. The Kier molecular flexibility index (Phi) is 5.61. The summed E-state index contributed by atoms with van der Waals surface area (Å²) >= 11 is 0.